The molecule has 2 saturated heterocycles. The van der Waals surface area contributed by atoms with Crippen LogP contribution in [-0.2, 0) is 0 Å². The number of piperidine rings is 1. The van der Waals surface area contributed by atoms with Gasteiger partial charge in [0.15, 0.2) is 5.13 Å². The fraction of sp³-hybridized carbons (Fsp3) is 0.800. The van der Waals surface area contributed by atoms with Gasteiger partial charge >= 0.3 is 0 Å². The topological polar surface area (TPSA) is 45.4 Å². The van der Waals surface area contributed by atoms with Crippen LogP contribution in [0.15, 0.2) is 0 Å². The average Bonchev–Trinajstić information content (AvgIpc) is 3.06. The molecule has 2 aliphatic rings. The van der Waals surface area contributed by atoms with Gasteiger partial charge in [0.05, 0.1) is 5.69 Å². The fourth-order valence-electron chi connectivity index (χ4n) is 3.45. The first-order valence-electron chi connectivity index (χ1n) is 7.87. The summed E-state index contributed by atoms with van der Waals surface area (Å²) in [5.74, 6) is 0. The molecule has 0 amide bonds. The summed E-state index contributed by atoms with van der Waals surface area (Å²) < 4.78 is 0. The van der Waals surface area contributed by atoms with E-state index in [0.29, 0.717) is 0 Å². The van der Waals surface area contributed by atoms with Gasteiger partial charge in [0.2, 0.25) is 0 Å². The molecule has 0 radical (unpaired) electrons. The van der Waals surface area contributed by atoms with Crippen LogP contribution >= 0.6 is 11.3 Å². The maximum Gasteiger partial charge on any atom is 0.185 e. The molecule has 20 heavy (non-hydrogen) atoms. The van der Waals surface area contributed by atoms with Crippen LogP contribution < -0.4 is 10.6 Å². The zero-order valence-electron chi connectivity index (χ0n) is 12.6. The van der Waals surface area contributed by atoms with Crippen molar-refractivity contribution in [3.05, 3.63) is 10.6 Å². The molecule has 5 heteroatoms. The highest BCUT2D eigenvalue weighted by molar-refractivity contribution is 7.15. The van der Waals surface area contributed by atoms with Crippen LogP contribution in [0, 0.1) is 6.92 Å². The van der Waals surface area contributed by atoms with Gasteiger partial charge in [0.1, 0.15) is 0 Å². The number of hydrogen-bond donors (Lipinski definition) is 1. The second kappa shape index (κ2) is 6.00. The highest BCUT2D eigenvalue weighted by Crippen LogP contribution is 2.32. The molecule has 112 valence electrons. The van der Waals surface area contributed by atoms with Crippen molar-refractivity contribution in [2.75, 3.05) is 31.1 Å². The molecule has 3 rings (SSSR count). The molecule has 0 spiro atoms. The summed E-state index contributed by atoms with van der Waals surface area (Å²) >= 11 is 1.78. The Morgan fingerprint density at radius 3 is 2.65 bits per heavy atom. The Morgan fingerprint density at radius 2 is 2.00 bits per heavy atom. The van der Waals surface area contributed by atoms with Gasteiger partial charge in [0.25, 0.3) is 0 Å². The van der Waals surface area contributed by atoms with E-state index < -0.39 is 0 Å². The molecule has 1 aromatic rings. The van der Waals surface area contributed by atoms with Crippen LogP contribution in [0.3, 0.4) is 0 Å². The SMILES string of the molecule is Cc1nc(N2CCC(N3CCCCC3)C2)sc1C(C)N. The average molecular weight is 294 g/mol. The normalized spacial score (nSPS) is 26.1. The van der Waals surface area contributed by atoms with E-state index in [1.54, 1.807) is 11.3 Å². The van der Waals surface area contributed by atoms with Gasteiger partial charge in [-0.15, -0.1) is 11.3 Å². The van der Waals surface area contributed by atoms with Crippen LogP contribution in [-0.4, -0.2) is 42.1 Å². The summed E-state index contributed by atoms with van der Waals surface area (Å²) in [6, 6.07) is 0.833. The Bertz CT molecular complexity index is 451. The fourth-order valence-corrected chi connectivity index (χ4v) is 4.50. The summed E-state index contributed by atoms with van der Waals surface area (Å²) in [5.41, 5.74) is 7.13. The third kappa shape index (κ3) is 2.85. The van der Waals surface area contributed by atoms with Crippen LogP contribution in [0.5, 0.6) is 0 Å². The van der Waals surface area contributed by atoms with E-state index in [2.05, 4.69) is 16.7 Å². The number of likely N-dealkylation sites (tertiary alicyclic amines) is 1. The van der Waals surface area contributed by atoms with Crippen LogP contribution in [0.2, 0.25) is 0 Å². The Balaban J connectivity index is 1.66. The minimum absolute atomic E-state index is 0.0988. The van der Waals surface area contributed by atoms with E-state index in [0.717, 1.165) is 24.8 Å². The number of nitrogens with zero attached hydrogens (tertiary/aromatic N) is 3. The van der Waals surface area contributed by atoms with Gasteiger partial charge in [-0.1, -0.05) is 6.42 Å². The van der Waals surface area contributed by atoms with Gasteiger partial charge in [-0.05, 0) is 46.2 Å². The summed E-state index contributed by atoms with van der Waals surface area (Å²) in [7, 11) is 0. The van der Waals surface area contributed by atoms with E-state index in [4.69, 9.17) is 10.7 Å². The number of anilines is 1. The van der Waals surface area contributed by atoms with Crippen molar-refractivity contribution in [2.24, 2.45) is 5.73 Å². The predicted octanol–water partition coefficient (Wildman–Crippen LogP) is 2.54. The third-order valence-corrected chi connectivity index (χ3v) is 5.99. The summed E-state index contributed by atoms with van der Waals surface area (Å²) in [4.78, 5) is 11.1. The highest BCUT2D eigenvalue weighted by atomic mass is 32.1. The number of aryl methyl sites for hydroxylation is 1. The van der Waals surface area contributed by atoms with E-state index in [9.17, 15) is 0 Å². The van der Waals surface area contributed by atoms with Crippen LogP contribution in [0.1, 0.15) is 49.2 Å². The van der Waals surface area contributed by atoms with Crippen LogP contribution in [0.25, 0.3) is 0 Å². The maximum absolute atomic E-state index is 6.01. The molecule has 2 fully saturated rings. The molecular weight excluding hydrogens is 268 g/mol. The Labute approximate surface area is 126 Å². The third-order valence-electron chi connectivity index (χ3n) is 4.58. The molecule has 2 unspecified atom stereocenters. The summed E-state index contributed by atoms with van der Waals surface area (Å²) in [6.07, 6.45) is 5.45. The smallest absolute Gasteiger partial charge is 0.185 e. The van der Waals surface area contributed by atoms with Crippen molar-refractivity contribution in [3.63, 3.8) is 0 Å². The molecule has 2 atom stereocenters. The minimum atomic E-state index is 0.0988. The lowest BCUT2D eigenvalue weighted by molar-refractivity contribution is 0.175. The molecule has 0 bridgehead atoms. The van der Waals surface area contributed by atoms with Gasteiger partial charge in [0, 0.05) is 30.1 Å². The van der Waals surface area contributed by atoms with E-state index >= 15 is 0 Å². The monoisotopic (exact) mass is 294 g/mol. The summed E-state index contributed by atoms with van der Waals surface area (Å²) in [5, 5.41) is 1.18. The number of rotatable bonds is 3. The van der Waals surface area contributed by atoms with Crippen molar-refractivity contribution in [2.45, 2.75) is 51.6 Å². The second-order valence-corrected chi connectivity index (χ2v) is 7.23. The van der Waals surface area contributed by atoms with Gasteiger partial charge in [-0.2, -0.15) is 0 Å². The standard InChI is InChI=1S/C15H26N4S/c1-11(16)14-12(2)17-15(20-14)19-9-6-13(10-19)18-7-4-3-5-8-18/h11,13H,3-10,16H2,1-2H3. The van der Waals surface area contributed by atoms with Crippen molar-refractivity contribution in [1.82, 2.24) is 9.88 Å². The first-order valence-corrected chi connectivity index (χ1v) is 8.68. The number of nitrogens with two attached hydrogens (primary N) is 1. The lowest BCUT2D eigenvalue weighted by Crippen LogP contribution is -2.40. The molecule has 0 saturated carbocycles. The largest absolute Gasteiger partial charge is 0.346 e. The van der Waals surface area contributed by atoms with E-state index in [1.807, 2.05) is 6.92 Å². The Morgan fingerprint density at radius 1 is 1.25 bits per heavy atom. The molecule has 3 heterocycles. The van der Waals surface area contributed by atoms with Crippen molar-refractivity contribution in [1.29, 1.82) is 0 Å². The first kappa shape index (κ1) is 14.3. The lowest BCUT2D eigenvalue weighted by atomic mass is 10.1. The van der Waals surface area contributed by atoms with E-state index in [1.165, 1.54) is 48.8 Å². The summed E-state index contributed by atoms with van der Waals surface area (Å²) in [6.45, 7) is 9.00. The van der Waals surface area contributed by atoms with E-state index in [-0.39, 0.29) is 6.04 Å². The Kier molecular flexibility index (Phi) is 4.29. The minimum Gasteiger partial charge on any atom is -0.346 e. The highest BCUT2D eigenvalue weighted by Gasteiger charge is 2.30. The first-order chi connectivity index (χ1) is 9.65. The van der Waals surface area contributed by atoms with Gasteiger partial charge < -0.3 is 10.6 Å². The van der Waals surface area contributed by atoms with Crippen molar-refractivity contribution in [3.8, 4) is 0 Å². The van der Waals surface area contributed by atoms with Gasteiger partial charge in [-0.25, -0.2) is 4.98 Å². The molecule has 2 aliphatic heterocycles. The maximum atomic E-state index is 6.01. The number of hydrogen-bond acceptors (Lipinski definition) is 5. The quantitative estimate of drug-likeness (QED) is 0.930. The predicted molar refractivity (Wildman–Crippen MR) is 85.5 cm³/mol. The number of thiazole rings is 1. The van der Waals surface area contributed by atoms with Gasteiger partial charge in [-0.3, -0.25) is 4.90 Å². The molecule has 0 aromatic carbocycles. The second-order valence-electron chi connectivity index (χ2n) is 6.22. The van der Waals surface area contributed by atoms with Crippen molar-refractivity contribution < 1.29 is 0 Å². The molecule has 2 N–H and O–H groups in total. The molecule has 1 aromatic heterocycles. The zero-order valence-corrected chi connectivity index (χ0v) is 13.5. The zero-order chi connectivity index (χ0) is 14.1. The van der Waals surface area contributed by atoms with Crippen molar-refractivity contribution >= 4 is 16.5 Å². The molecular formula is C15H26N4S. The Hall–Kier alpha value is -0.650. The lowest BCUT2D eigenvalue weighted by Gasteiger charge is -2.32. The molecule has 0 aliphatic carbocycles. The molecule has 4 nitrogen and oxygen atoms in total. The number of aromatic nitrogens is 1. The van der Waals surface area contributed by atoms with Crippen LogP contribution in [0.4, 0.5) is 5.13 Å².